The molecule has 4 aromatic rings. The SMILES string of the molecule is Clc1ccc2nc(-c3cccc(Oc4nc(Cl)c(Cl)cc4Cl)c3)[nH]c2c1. The van der Waals surface area contributed by atoms with Gasteiger partial charge >= 0.3 is 0 Å². The first-order valence-electron chi connectivity index (χ1n) is 7.45. The number of aromatic nitrogens is 3. The minimum absolute atomic E-state index is 0.122. The topological polar surface area (TPSA) is 50.8 Å². The van der Waals surface area contributed by atoms with Crippen molar-refractivity contribution in [2.75, 3.05) is 0 Å². The summed E-state index contributed by atoms with van der Waals surface area (Å²) in [5.41, 5.74) is 2.52. The van der Waals surface area contributed by atoms with E-state index in [2.05, 4.69) is 15.0 Å². The Hall–Kier alpha value is -1.98. The number of H-pyrrole nitrogens is 1. The molecule has 0 fully saturated rings. The zero-order valence-electron chi connectivity index (χ0n) is 12.9. The Kier molecular flexibility index (Phi) is 4.67. The second-order valence-electron chi connectivity index (χ2n) is 5.42. The molecule has 0 atom stereocenters. The molecule has 4 rings (SSSR count). The first kappa shape index (κ1) is 17.4. The zero-order chi connectivity index (χ0) is 18.3. The number of hydrogen-bond acceptors (Lipinski definition) is 3. The van der Waals surface area contributed by atoms with Crippen molar-refractivity contribution < 1.29 is 4.74 Å². The van der Waals surface area contributed by atoms with Crippen LogP contribution < -0.4 is 4.74 Å². The Labute approximate surface area is 168 Å². The van der Waals surface area contributed by atoms with Gasteiger partial charge in [-0.2, -0.15) is 4.98 Å². The highest BCUT2D eigenvalue weighted by molar-refractivity contribution is 6.42. The summed E-state index contributed by atoms with van der Waals surface area (Å²) in [4.78, 5) is 11.9. The van der Waals surface area contributed by atoms with Crippen LogP contribution in [0.2, 0.25) is 20.2 Å². The van der Waals surface area contributed by atoms with Gasteiger partial charge in [0, 0.05) is 10.6 Å². The molecule has 0 aliphatic heterocycles. The van der Waals surface area contributed by atoms with Crippen LogP contribution in [-0.4, -0.2) is 15.0 Å². The summed E-state index contributed by atoms with van der Waals surface area (Å²) < 4.78 is 5.75. The van der Waals surface area contributed by atoms with E-state index in [1.165, 1.54) is 6.07 Å². The van der Waals surface area contributed by atoms with E-state index in [0.717, 1.165) is 16.6 Å². The lowest BCUT2D eigenvalue weighted by molar-refractivity contribution is 0.463. The molecule has 4 nitrogen and oxygen atoms in total. The van der Waals surface area contributed by atoms with Crippen molar-refractivity contribution in [1.29, 1.82) is 0 Å². The van der Waals surface area contributed by atoms with E-state index >= 15 is 0 Å². The Morgan fingerprint density at radius 2 is 1.69 bits per heavy atom. The van der Waals surface area contributed by atoms with Gasteiger partial charge in [-0.15, -0.1) is 0 Å². The highest BCUT2D eigenvalue weighted by Crippen LogP contribution is 2.34. The third-order valence-electron chi connectivity index (χ3n) is 3.62. The first-order chi connectivity index (χ1) is 12.5. The maximum atomic E-state index is 6.11. The molecular weight excluding hydrogens is 416 g/mol. The summed E-state index contributed by atoms with van der Waals surface area (Å²) in [5.74, 6) is 1.41. The normalized spacial score (nSPS) is 11.1. The number of benzene rings is 2. The van der Waals surface area contributed by atoms with Crippen LogP contribution in [0, 0.1) is 0 Å². The van der Waals surface area contributed by atoms with E-state index in [1.54, 1.807) is 12.1 Å². The summed E-state index contributed by atoms with van der Waals surface area (Å²) in [6.45, 7) is 0. The van der Waals surface area contributed by atoms with Crippen molar-refractivity contribution in [2.45, 2.75) is 0 Å². The molecule has 0 unspecified atom stereocenters. The fraction of sp³-hybridized carbons (Fsp3) is 0. The summed E-state index contributed by atoms with van der Waals surface area (Å²) in [5, 5.41) is 1.29. The van der Waals surface area contributed by atoms with Gasteiger partial charge in [0.25, 0.3) is 0 Å². The molecule has 26 heavy (non-hydrogen) atoms. The molecule has 0 aliphatic rings. The number of nitrogens with zero attached hydrogens (tertiary/aromatic N) is 2. The average molecular weight is 425 g/mol. The van der Waals surface area contributed by atoms with E-state index in [1.807, 2.05) is 30.3 Å². The van der Waals surface area contributed by atoms with Crippen molar-refractivity contribution in [3.05, 3.63) is 68.8 Å². The molecule has 2 aromatic carbocycles. The van der Waals surface area contributed by atoms with E-state index in [0.29, 0.717) is 16.6 Å². The summed E-state index contributed by atoms with van der Waals surface area (Å²) >= 11 is 24.0. The van der Waals surface area contributed by atoms with Crippen molar-refractivity contribution in [3.63, 3.8) is 0 Å². The van der Waals surface area contributed by atoms with Gasteiger partial charge in [0.1, 0.15) is 16.6 Å². The van der Waals surface area contributed by atoms with Crippen molar-refractivity contribution in [2.24, 2.45) is 0 Å². The van der Waals surface area contributed by atoms with Crippen LogP contribution >= 0.6 is 46.4 Å². The molecule has 0 aliphatic carbocycles. The molecular formula is C18H9Cl4N3O. The first-order valence-corrected chi connectivity index (χ1v) is 8.96. The largest absolute Gasteiger partial charge is 0.437 e. The number of ether oxygens (including phenoxy) is 1. The van der Waals surface area contributed by atoms with Crippen LogP contribution in [0.25, 0.3) is 22.4 Å². The molecule has 8 heteroatoms. The monoisotopic (exact) mass is 423 g/mol. The highest BCUT2D eigenvalue weighted by Gasteiger charge is 2.12. The van der Waals surface area contributed by atoms with Gasteiger partial charge in [0.2, 0.25) is 5.88 Å². The van der Waals surface area contributed by atoms with Gasteiger partial charge in [0.05, 0.1) is 16.1 Å². The van der Waals surface area contributed by atoms with Crippen LogP contribution in [0.5, 0.6) is 11.6 Å². The van der Waals surface area contributed by atoms with Gasteiger partial charge in [-0.3, -0.25) is 0 Å². The lowest BCUT2D eigenvalue weighted by Gasteiger charge is -2.08. The second kappa shape index (κ2) is 6.97. The van der Waals surface area contributed by atoms with Crippen molar-refractivity contribution >= 4 is 57.4 Å². The number of imidazole rings is 1. The molecule has 0 saturated carbocycles. The van der Waals surface area contributed by atoms with Crippen LogP contribution in [0.1, 0.15) is 0 Å². The molecule has 0 bridgehead atoms. The van der Waals surface area contributed by atoms with E-state index in [9.17, 15) is 0 Å². The summed E-state index contributed by atoms with van der Waals surface area (Å²) in [6.07, 6.45) is 0. The second-order valence-corrected chi connectivity index (χ2v) is 7.03. The number of halogens is 4. The van der Waals surface area contributed by atoms with Crippen LogP contribution in [0.3, 0.4) is 0 Å². The Morgan fingerprint density at radius 1 is 0.846 bits per heavy atom. The summed E-state index contributed by atoms with van der Waals surface area (Å²) in [7, 11) is 0. The molecule has 2 aromatic heterocycles. The van der Waals surface area contributed by atoms with E-state index in [-0.39, 0.29) is 21.1 Å². The summed E-state index contributed by atoms with van der Waals surface area (Å²) in [6, 6.07) is 14.3. The minimum atomic E-state index is 0.122. The van der Waals surface area contributed by atoms with Crippen LogP contribution in [-0.2, 0) is 0 Å². The van der Waals surface area contributed by atoms with Crippen LogP contribution in [0.4, 0.5) is 0 Å². The number of fused-ring (bicyclic) bond motifs is 1. The Bertz CT molecular complexity index is 1130. The lowest BCUT2D eigenvalue weighted by Crippen LogP contribution is -1.91. The van der Waals surface area contributed by atoms with Crippen molar-refractivity contribution in [1.82, 2.24) is 15.0 Å². The fourth-order valence-corrected chi connectivity index (χ4v) is 3.14. The zero-order valence-corrected chi connectivity index (χ0v) is 16.0. The Balaban J connectivity index is 1.69. The number of rotatable bonds is 3. The molecule has 0 spiro atoms. The third-order valence-corrected chi connectivity index (χ3v) is 4.80. The molecule has 0 saturated heterocycles. The maximum Gasteiger partial charge on any atom is 0.239 e. The average Bonchev–Trinajstić information content (AvgIpc) is 3.03. The standard InChI is InChI=1S/C18H9Cl4N3O/c19-10-4-5-14-15(7-10)24-17(23-14)9-2-1-3-11(6-9)26-18-13(21)8-12(20)16(22)25-18/h1-8H,(H,23,24). The van der Waals surface area contributed by atoms with Gasteiger partial charge < -0.3 is 9.72 Å². The fourth-order valence-electron chi connectivity index (χ4n) is 2.44. The Morgan fingerprint density at radius 3 is 2.54 bits per heavy atom. The third kappa shape index (κ3) is 3.46. The quantitative estimate of drug-likeness (QED) is 0.359. The van der Waals surface area contributed by atoms with Gasteiger partial charge in [-0.25, -0.2) is 4.98 Å². The minimum Gasteiger partial charge on any atom is -0.437 e. The number of nitrogens with one attached hydrogen (secondary N) is 1. The number of aromatic amines is 1. The smallest absolute Gasteiger partial charge is 0.239 e. The van der Waals surface area contributed by atoms with Gasteiger partial charge in [-0.05, 0) is 36.4 Å². The number of hydrogen-bond donors (Lipinski definition) is 1. The van der Waals surface area contributed by atoms with Gasteiger partial charge in [-0.1, -0.05) is 58.5 Å². The molecule has 1 N–H and O–H groups in total. The lowest BCUT2D eigenvalue weighted by atomic mass is 10.2. The van der Waals surface area contributed by atoms with E-state index in [4.69, 9.17) is 51.1 Å². The molecule has 0 amide bonds. The predicted octanol–water partition coefficient (Wildman–Crippen LogP) is 7.03. The molecule has 130 valence electrons. The number of pyridine rings is 1. The molecule has 2 heterocycles. The highest BCUT2D eigenvalue weighted by atomic mass is 35.5. The maximum absolute atomic E-state index is 6.11. The van der Waals surface area contributed by atoms with E-state index < -0.39 is 0 Å². The van der Waals surface area contributed by atoms with Crippen molar-refractivity contribution in [3.8, 4) is 23.0 Å². The molecule has 0 radical (unpaired) electrons. The van der Waals surface area contributed by atoms with Gasteiger partial charge in [0.15, 0.2) is 5.15 Å². The van der Waals surface area contributed by atoms with Crippen LogP contribution in [0.15, 0.2) is 48.5 Å². The predicted molar refractivity (Wildman–Crippen MR) is 106 cm³/mol.